The number of fused-ring (bicyclic) bond motifs is 4. The highest BCUT2D eigenvalue weighted by atomic mass is 32.2. The van der Waals surface area contributed by atoms with Gasteiger partial charge in [0.2, 0.25) is 11.8 Å². The molecule has 1 amide bonds. The van der Waals surface area contributed by atoms with Crippen molar-refractivity contribution >= 4 is 22.1 Å². The summed E-state index contributed by atoms with van der Waals surface area (Å²) in [5, 5.41) is 0. The number of benzene rings is 3. The Balaban J connectivity index is 1.32. The van der Waals surface area contributed by atoms with Crippen molar-refractivity contribution in [3.63, 3.8) is 0 Å². The molecule has 4 bridgehead atoms. The van der Waals surface area contributed by atoms with Crippen LogP contribution in [0.1, 0.15) is 42.5 Å². The number of rotatable bonds is 6. The molecule has 10 nitrogen and oxygen atoms in total. The predicted molar refractivity (Wildman–Crippen MR) is 180 cm³/mol. The van der Waals surface area contributed by atoms with Gasteiger partial charge in [-0.1, -0.05) is 74.5 Å². The Morgan fingerprint density at radius 2 is 1.70 bits per heavy atom. The van der Waals surface area contributed by atoms with Crippen LogP contribution in [0.4, 0.5) is 10.7 Å². The zero-order valence-electron chi connectivity index (χ0n) is 27.2. The van der Waals surface area contributed by atoms with Gasteiger partial charge in [0.05, 0.1) is 10.6 Å². The fraction of sp³-hybridized carbons (Fsp3) is 0.361. The third-order valence-corrected chi connectivity index (χ3v) is 10.00. The van der Waals surface area contributed by atoms with Crippen LogP contribution >= 0.6 is 0 Å². The molecule has 0 unspecified atom stereocenters. The number of carbonyl (C=O) groups is 1. The first-order valence-electron chi connectivity index (χ1n) is 16.0. The summed E-state index contributed by atoms with van der Waals surface area (Å²) >= 11 is 0. The van der Waals surface area contributed by atoms with Crippen LogP contribution < -0.4 is 9.46 Å². The Morgan fingerprint density at radius 1 is 0.979 bits per heavy atom. The molecule has 0 radical (unpaired) electrons. The van der Waals surface area contributed by atoms with E-state index in [2.05, 4.69) is 33.4 Å². The van der Waals surface area contributed by atoms with E-state index >= 15 is 0 Å². The number of hydrogen-bond donors (Lipinski definition) is 1. The number of anilines is 1. The Kier molecular flexibility index (Phi) is 9.47. The summed E-state index contributed by atoms with van der Waals surface area (Å²) in [6.45, 7) is 10.4. The molecule has 3 heterocycles. The molecule has 4 aromatic rings. The molecule has 1 atom stereocenters. The van der Waals surface area contributed by atoms with Crippen LogP contribution in [-0.4, -0.2) is 66.1 Å². The topological polar surface area (TPSA) is 114 Å². The lowest BCUT2D eigenvalue weighted by molar-refractivity contribution is -0.0172. The van der Waals surface area contributed by atoms with Gasteiger partial charge in [-0.05, 0) is 60.6 Å². The normalized spacial score (nSPS) is 18.1. The van der Waals surface area contributed by atoms with Crippen LogP contribution in [0.5, 0.6) is 5.88 Å². The summed E-state index contributed by atoms with van der Waals surface area (Å²) in [6, 6.07) is 24.3. The monoisotopic (exact) mass is 655 g/mol. The van der Waals surface area contributed by atoms with Crippen LogP contribution in [0.2, 0.25) is 0 Å². The van der Waals surface area contributed by atoms with E-state index < -0.39 is 10.0 Å². The second kappa shape index (κ2) is 13.7. The van der Waals surface area contributed by atoms with Crippen molar-refractivity contribution in [2.75, 3.05) is 24.4 Å². The maximum atomic E-state index is 13.6. The number of hydrogen-bond acceptors (Lipinski definition) is 8. The fourth-order valence-electron chi connectivity index (χ4n) is 6.30. The summed E-state index contributed by atoms with van der Waals surface area (Å²) in [5.74, 6) is 0.591. The van der Waals surface area contributed by atoms with Crippen LogP contribution in [0.3, 0.4) is 0 Å². The fourth-order valence-corrected chi connectivity index (χ4v) is 7.31. The number of carbonyl (C=O) groups excluding carboxylic acids is 1. The predicted octanol–water partition coefficient (Wildman–Crippen LogP) is 6.19. The zero-order chi connectivity index (χ0) is 33.1. The Hall–Kier alpha value is -4.48. The molecule has 11 heteroatoms. The van der Waals surface area contributed by atoms with Gasteiger partial charge in [0, 0.05) is 43.3 Å². The Labute approximate surface area is 276 Å². The smallest absolute Gasteiger partial charge is 0.410 e. The van der Waals surface area contributed by atoms with E-state index in [1.807, 2.05) is 68.4 Å². The summed E-state index contributed by atoms with van der Waals surface area (Å²) < 4.78 is 41.9. The zero-order valence-corrected chi connectivity index (χ0v) is 28.0. The van der Waals surface area contributed by atoms with Gasteiger partial charge < -0.3 is 14.4 Å². The first-order chi connectivity index (χ1) is 22.6. The highest BCUT2D eigenvalue weighted by molar-refractivity contribution is 7.92. The van der Waals surface area contributed by atoms with Gasteiger partial charge >= 0.3 is 6.09 Å². The molecule has 246 valence electrons. The number of sulfonamides is 1. The SMILES string of the molecule is Cc1cccc(C)c1-c1cc2nc(n1)NS(=O)(=O)c1cccc(c1)CN(C1CN(C(=O)OCc3ccccc3)C1)[C@H](CC(C)C)CO2. The minimum absolute atomic E-state index is 0.0290. The van der Waals surface area contributed by atoms with Crippen molar-refractivity contribution in [3.05, 3.63) is 101 Å². The summed E-state index contributed by atoms with van der Waals surface area (Å²) in [5.41, 5.74) is 5.27. The average Bonchev–Trinajstić information content (AvgIpc) is 3.01. The van der Waals surface area contributed by atoms with Gasteiger partial charge in [0.15, 0.2) is 0 Å². The van der Waals surface area contributed by atoms with E-state index in [0.717, 1.165) is 34.2 Å². The minimum Gasteiger partial charge on any atom is -0.476 e. The maximum absolute atomic E-state index is 13.6. The first kappa shape index (κ1) is 32.5. The highest BCUT2D eigenvalue weighted by Gasteiger charge is 2.39. The van der Waals surface area contributed by atoms with Gasteiger partial charge in [-0.15, -0.1) is 0 Å². The molecule has 1 N–H and O–H groups in total. The number of ether oxygens (including phenoxy) is 2. The van der Waals surface area contributed by atoms with E-state index in [9.17, 15) is 13.2 Å². The molecule has 2 aliphatic heterocycles. The minimum atomic E-state index is -4.01. The largest absolute Gasteiger partial charge is 0.476 e. The molecule has 0 spiro atoms. The van der Waals surface area contributed by atoms with Crippen molar-refractivity contribution in [1.82, 2.24) is 19.8 Å². The molecule has 3 aromatic carbocycles. The number of nitrogens with zero attached hydrogens (tertiary/aromatic N) is 4. The number of nitrogens with one attached hydrogen (secondary N) is 1. The Morgan fingerprint density at radius 3 is 2.43 bits per heavy atom. The molecule has 1 aromatic heterocycles. The molecule has 2 aliphatic rings. The molecular formula is C36H41N5O5S. The third kappa shape index (κ3) is 7.58. The third-order valence-electron chi connectivity index (χ3n) is 8.67. The molecule has 1 saturated heterocycles. The van der Waals surface area contributed by atoms with Gasteiger partial charge in [0.25, 0.3) is 10.0 Å². The van der Waals surface area contributed by atoms with Crippen LogP contribution in [0, 0.1) is 19.8 Å². The second-order valence-corrected chi connectivity index (χ2v) is 14.5. The number of aryl methyl sites for hydroxylation is 2. The molecule has 0 saturated carbocycles. The molecule has 1 fully saturated rings. The summed E-state index contributed by atoms with van der Waals surface area (Å²) in [4.78, 5) is 26.2. The number of likely N-dealkylation sites (tertiary alicyclic amines) is 1. The molecule has 47 heavy (non-hydrogen) atoms. The summed E-state index contributed by atoms with van der Waals surface area (Å²) in [7, 11) is -4.01. The maximum Gasteiger partial charge on any atom is 0.410 e. The Bertz CT molecular complexity index is 1820. The van der Waals surface area contributed by atoms with E-state index in [4.69, 9.17) is 9.47 Å². The summed E-state index contributed by atoms with van der Waals surface area (Å²) in [6.07, 6.45) is 0.478. The van der Waals surface area contributed by atoms with E-state index in [1.165, 1.54) is 0 Å². The standard InChI is InChI=1S/C36H41N5O5S/c1-24(2)16-29-23-45-33-18-32(34-25(3)10-8-11-26(34)4)37-35(38-33)39-47(43,44)31-15-9-14-28(17-31)19-41(29)30-20-40(21-30)36(42)46-22-27-12-6-5-7-13-27/h5-15,17-18,24,29-30H,16,19-23H2,1-4H3,(H,37,38,39)/t29-/m1/s1. The van der Waals surface area contributed by atoms with Gasteiger partial charge in [-0.25, -0.2) is 22.9 Å². The van der Waals surface area contributed by atoms with Crippen molar-refractivity contribution in [2.45, 2.75) is 64.2 Å². The van der Waals surface area contributed by atoms with Crippen LogP contribution in [0.15, 0.2) is 83.8 Å². The number of aromatic nitrogens is 2. The quantitative estimate of drug-likeness (QED) is 0.262. The molecule has 6 rings (SSSR count). The average molecular weight is 656 g/mol. The van der Waals surface area contributed by atoms with E-state index in [1.54, 1.807) is 29.2 Å². The van der Waals surface area contributed by atoms with Crippen LogP contribution in [0.25, 0.3) is 11.3 Å². The lowest BCUT2D eigenvalue weighted by Gasteiger charge is -2.48. The van der Waals surface area contributed by atoms with Gasteiger partial charge in [-0.2, -0.15) is 4.98 Å². The van der Waals surface area contributed by atoms with E-state index in [-0.39, 0.29) is 41.5 Å². The molecular weight excluding hydrogens is 614 g/mol. The van der Waals surface area contributed by atoms with Crippen molar-refractivity contribution in [1.29, 1.82) is 0 Å². The van der Waals surface area contributed by atoms with Gasteiger partial charge in [-0.3, -0.25) is 4.90 Å². The number of amides is 1. The van der Waals surface area contributed by atoms with Crippen molar-refractivity contribution < 1.29 is 22.7 Å². The molecule has 0 aliphatic carbocycles. The lowest BCUT2D eigenvalue weighted by Crippen LogP contribution is -2.63. The first-order valence-corrected chi connectivity index (χ1v) is 17.5. The van der Waals surface area contributed by atoms with Crippen molar-refractivity contribution in [2.24, 2.45) is 5.92 Å². The highest BCUT2D eigenvalue weighted by Crippen LogP contribution is 2.31. The van der Waals surface area contributed by atoms with Gasteiger partial charge in [0.1, 0.15) is 13.2 Å². The lowest BCUT2D eigenvalue weighted by atomic mass is 9.97. The van der Waals surface area contributed by atoms with Crippen LogP contribution in [-0.2, 0) is 27.9 Å². The second-order valence-electron chi connectivity index (χ2n) is 12.8. The van der Waals surface area contributed by atoms with E-state index in [0.29, 0.717) is 37.9 Å². The van der Waals surface area contributed by atoms with Crippen molar-refractivity contribution in [3.8, 4) is 17.1 Å².